The molecule has 16 nitrogen and oxygen atoms in total. The Kier molecular flexibility index (Phi) is 36.9. The maximum atomic E-state index is 13.9. The Labute approximate surface area is 521 Å². The largest absolute Gasteiger partial charge is 0.469 e. The van der Waals surface area contributed by atoms with E-state index < -0.39 is 128 Å². The Morgan fingerprint density at radius 3 is 0.967 bits per heavy atom. The minimum Gasteiger partial charge on any atom is -0.469 e. The molecule has 0 aromatic rings. The number of carbonyl (C=O) groups excluding carboxylic acids is 6. The van der Waals surface area contributed by atoms with Gasteiger partial charge in [0.2, 0.25) is 0 Å². The first-order chi connectivity index (χ1) is 40.7. The van der Waals surface area contributed by atoms with Gasteiger partial charge in [0.15, 0.2) is 25.8 Å². The van der Waals surface area contributed by atoms with Gasteiger partial charge in [-0.15, -0.1) is 0 Å². The topological polar surface area (TPSA) is 217 Å². The fraction of sp³-hybridized carbons (Fsp3) is 0.831. The number of alkyl halides is 16. The monoisotopic (exact) mass is 1360 g/mol. The van der Waals surface area contributed by atoms with Crippen LogP contribution in [0.15, 0.2) is 24.3 Å². The van der Waals surface area contributed by atoms with Crippen molar-refractivity contribution in [1.29, 1.82) is 0 Å². The van der Waals surface area contributed by atoms with Gasteiger partial charge in [-0.05, 0) is 154 Å². The third-order valence-corrected chi connectivity index (χ3v) is 15.9. The number of carbonyl (C=O) groups is 6. The van der Waals surface area contributed by atoms with Crippen molar-refractivity contribution in [1.82, 2.24) is 0 Å². The fourth-order valence-electron chi connectivity index (χ4n) is 9.56. The molecule has 2 N–H and O–H groups in total. The van der Waals surface area contributed by atoms with E-state index in [-0.39, 0.29) is 66.9 Å². The van der Waals surface area contributed by atoms with Gasteiger partial charge >= 0.3 is 72.4 Å². The first-order valence-electron chi connectivity index (χ1n) is 28.4. The summed E-state index contributed by atoms with van der Waals surface area (Å²) in [5, 5.41) is 18.2. The molecule has 0 amide bonds. The second-order valence-corrected chi connectivity index (χ2v) is 23.5. The molecule has 32 heteroatoms. The van der Waals surface area contributed by atoms with Crippen LogP contribution < -0.4 is 0 Å². The first-order valence-corrected chi connectivity index (χ1v) is 28.4. The zero-order valence-electron chi connectivity index (χ0n) is 53.0. The average Bonchev–Trinajstić information content (AvgIpc) is 1.74. The van der Waals surface area contributed by atoms with Crippen LogP contribution in [0.4, 0.5) is 70.2 Å². The van der Waals surface area contributed by atoms with Gasteiger partial charge in [0, 0.05) is 25.4 Å². The summed E-state index contributed by atoms with van der Waals surface area (Å²) in [5.41, 5.74) is -9.92. The third kappa shape index (κ3) is 26.4. The van der Waals surface area contributed by atoms with E-state index in [1.807, 2.05) is 20.8 Å². The van der Waals surface area contributed by atoms with E-state index in [1.165, 1.54) is 49.2 Å². The fourth-order valence-corrected chi connectivity index (χ4v) is 9.56. The molecule has 8 unspecified atom stereocenters. The maximum Gasteiger partial charge on any atom is 0.426 e. The minimum atomic E-state index is -5.67. The van der Waals surface area contributed by atoms with Crippen molar-refractivity contribution in [3.8, 4) is 0 Å². The number of halogens is 16. The molecule has 4 rings (SSSR count). The molecule has 536 valence electrons. The van der Waals surface area contributed by atoms with Crippen molar-refractivity contribution < 1.29 is 147 Å². The van der Waals surface area contributed by atoms with Crippen molar-refractivity contribution in [2.45, 2.75) is 227 Å². The summed E-state index contributed by atoms with van der Waals surface area (Å²) in [4.78, 5) is 66.4. The second-order valence-electron chi connectivity index (χ2n) is 23.5. The number of rotatable bonds is 22. The summed E-state index contributed by atoms with van der Waals surface area (Å²) in [5.74, 6) is -14.7. The Morgan fingerprint density at radius 1 is 0.462 bits per heavy atom. The summed E-state index contributed by atoms with van der Waals surface area (Å²) in [6.07, 6.45) is -22.8. The van der Waals surface area contributed by atoms with Crippen LogP contribution in [0.25, 0.3) is 0 Å². The third-order valence-electron chi connectivity index (χ3n) is 15.9. The summed E-state index contributed by atoms with van der Waals surface area (Å²) in [6.45, 7) is 21.7. The molecular formula is C59H92F16O16. The second kappa shape index (κ2) is 37.2. The average molecular weight is 1360 g/mol. The number of ether oxygens (including phenoxy) is 8. The van der Waals surface area contributed by atoms with Crippen LogP contribution in [0.5, 0.6) is 0 Å². The highest BCUT2D eigenvalue weighted by Crippen LogP contribution is 2.57. The molecule has 0 spiro atoms. The number of hydrogen-bond acceptors (Lipinski definition) is 16. The van der Waals surface area contributed by atoms with E-state index in [1.54, 1.807) is 27.7 Å². The number of methoxy groups -OCH3 is 4. The Morgan fingerprint density at radius 2 is 0.769 bits per heavy atom. The van der Waals surface area contributed by atoms with Gasteiger partial charge < -0.3 is 48.1 Å². The number of hydrogen-bond donors (Lipinski definition) is 2. The van der Waals surface area contributed by atoms with Crippen LogP contribution in [0.3, 0.4) is 0 Å². The highest BCUT2D eigenvalue weighted by Gasteiger charge is 2.72. The molecule has 4 aliphatic rings. The van der Waals surface area contributed by atoms with Crippen LogP contribution in [0.2, 0.25) is 0 Å². The molecule has 0 aromatic carbocycles. The standard InChI is InChI=1S/C13H22F2O5.2C11H14F6O.C11H16F2O5.C7H14O2.C5H8O2.CH4/c1-6-9(20-10(16)12(3,4)7-2)13(14,15)11(17)19-8-18-5;2*12-10(13,14)9(18,11(15,16)17)5-8-4-6-1-2-7(8)3-6;1-5-8(18-9(14)7(2)3)11(12,13)10(15)17-6-16-4;1-5-7(2,3)6(8)9-4;1-4(2)5(6)7-3;/h9H,6-8H2,1-5H3;2*6-8,18H,1-5H2;8H,2,5-6H2,1,3-4H3;5H2,1-4H3;1H2,2-3H3;1H4. The molecule has 4 aliphatic carbocycles. The molecule has 0 aliphatic heterocycles. The SMILES string of the molecule is C.C=C(C)C(=O)OC.C=C(C)C(=O)OC(CC)C(F)(F)C(=O)OCOC.CCC(C)(C)C(=O)OC.CCC(OC(=O)C(C)(C)CC)C(F)(F)C(=O)OCOC.OC(CC1CC2CCC1C2)(C(F)(F)F)C(F)(F)F.OC(CC1CC2CCC1C2)(C(F)(F)F)C(F)(F)F. The molecule has 4 bridgehead atoms. The van der Waals surface area contributed by atoms with Gasteiger partial charge in [0.1, 0.15) is 0 Å². The van der Waals surface area contributed by atoms with Gasteiger partial charge in [0.25, 0.3) is 11.2 Å². The molecule has 0 aromatic heterocycles. The lowest BCUT2D eigenvalue weighted by atomic mass is 9.79. The molecule has 0 heterocycles. The van der Waals surface area contributed by atoms with Gasteiger partial charge in [-0.2, -0.15) is 70.2 Å². The highest BCUT2D eigenvalue weighted by atomic mass is 19.4. The molecule has 91 heavy (non-hydrogen) atoms. The molecule has 4 saturated carbocycles. The van der Waals surface area contributed by atoms with E-state index >= 15 is 0 Å². The smallest absolute Gasteiger partial charge is 0.426 e. The zero-order chi connectivity index (χ0) is 71.2. The lowest BCUT2D eigenvalue weighted by molar-refractivity contribution is -0.373. The summed E-state index contributed by atoms with van der Waals surface area (Å²) >= 11 is 0. The van der Waals surface area contributed by atoms with E-state index in [0.717, 1.165) is 19.3 Å². The number of esters is 6. The lowest BCUT2D eigenvalue weighted by Gasteiger charge is -2.36. The zero-order valence-corrected chi connectivity index (χ0v) is 53.0. The molecule has 8 atom stereocenters. The van der Waals surface area contributed by atoms with Crippen LogP contribution in [-0.2, 0) is 66.7 Å². The van der Waals surface area contributed by atoms with Crippen LogP contribution in [-0.4, -0.2) is 148 Å². The lowest BCUT2D eigenvalue weighted by Crippen LogP contribution is -2.58. The molecule has 0 saturated heterocycles. The Bertz CT molecular complexity index is 2210. The normalized spacial score (nSPS) is 20.4. The number of aliphatic hydroxyl groups is 2. The van der Waals surface area contributed by atoms with E-state index in [9.17, 15) is 99.0 Å². The molecular weight excluding hydrogens is 1270 g/mol. The van der Waals surface area contributed by atoms with Crippen LogP contribution in [0, 0.1) is 46.3 Å². The van der Waals surface area contributed by atoms with Crippen molar-refractivity contribution >= 4 is 35.8 Å². The Hall–Kier alpha value is -4.98. The molecule has 4 fully saturated rings. The summed E-state index contributed by atoms with van der Waals surface area (Å²) in [7, 11) is 5.13. The Balaban J connectivity index is -0.00000105. The van der Waals surface area contributed by atoms with Gasteiger partial charge in [0.05, 0.1) is 25.0 Å². The van der Waals surface area contributed by atoms with E-state index in [2.05, 4.69) is 46.3 Å². The van der Waals surface area contributed by atoms with Crippen molar-refractivity contribution in [2.24, 2.45) is 46.3 Å². The predicted octanol–water partition coefficient (Wildman–Crippen LogP) is 14.5. The van der Waals surface area contributed by atoms with Gasteiger partial charge in [-0.25, -0.2) is 19.2 Å². The number of fused-ring (bicyclic) bond motifs is 4. The maximum absolute atomic E-state index is 13.9. The van der Waals surface area contributed by atoms with Crippen molar-refractivity contribution in [3.05, 3.63) is 24.3 Å². The summed E-state index contributed by atoms with van der Waals surface area (Å²) < 4.78 is 240. The van der Waals surface area contributed by atoms with Crippen molar-refractivity contribution in [2.75, 3.05) is 42.0 Å². The highest BCUT2D eigenvalue weighted by molar-refractivity contribution is 5.88. The predicted molar refractivity (Wildman–Crippen MR) is 296 cm³/mol. The first kappa shape index (κ1) is 90.2. The van der Waals surface area contributed by atoms with Gasteiger partial charge in [-0.3, -0.25) is 9.59 Å². The van der Waals surface area contributed by atoms with E-state index in [0.29, 0.717) is 50.5 Å². The van der Waals surface area contributed by atoms with Crippen LogP contribution in [0.1, 0.15) is 167 Å². The quantitative estimate of drug-likeness (QED) is 0.0339. The van der Waals surface area contributed by atoms with E-state index in [4.69, 9.17) is 14.9 Å². The van der Waals surface area contributed by atoms with Gasteiger partial charge in [-0.1, -0.05) is 61.1 Å². The molecule has 0 radical (unpaired) electrons. The van der Waals surface area contributed by atoms with Crippen LogP contribution >= 0.6 is 0 Å². The summed E-state index contributed by atoms with van der Waals surface area (Å²) in [6, 6.07) is 0. The van der Waals surface area contributed by atoms with Crippen molar-refractivity contribution in [3.63, 3.8) is 0 Å². The minimum absolute atomic E-state index is 0.